The molecule has 0 saturated carbocycles. The highest BCUT2D eigenvalue weighted by atomic mass is 16.5. The molecule has 0 spiro atoms. The zero-order chi connectivity index (χ0) is 39.6. The highest BCUT2D eigenvalue weighted by Gasteiger charge is 2.30. The number of carbonyl (C=O) groups is 3. The summed E-state index contributed by atoms with van der Waals surface area (Å²) in [5.41, 5.74) is 13.5. The number of hydrogen-bond acceptors (Lipinski definition) is 9. The van der Waals surface area contributed by atoms with Gasteiger partial charge in [0.2, 0.25) is 11.8 Å². The Morgan fingerprint density at radius 2 is 1.53 bits per heavy atom. The van der Waals surface area contributed by atoms with Crippen molar-refractivity contribution in [2.24, 2.45) is 11.7 Å². The van der Waals surface area contributed by atoms with Crippen LogP contribution in [0, 0.1) is 5.92 Å². The normalized spacial score (nSPS) is 19.0. The standard InChI is InChI=1S/C46H50N8O4/c47-44(56)42-43(33-8-14-38(15-9-33)58-37-4-2-1-3-5-37)51-54-27-22-32-6-7-34(28-40(32)49-45(42)54)31-20-23-52(24-21-31)29-30-18-25-53(26-19-30)36-12-10-35(11-13-36)48-39-16-17-41(55)50-46(39)57/h1-15,28,30-31,39,48-49H,16-27,29H2,(H2,47,56)(H,50,55,57). The molecule has 12 nitrogen and oxygen atoms in total. The van der Waals surface area contributed by atoms with Gasteiger partial charge in [-0.1, -0.05) is 30.3 Å². The van der Waals surface area contributed by atoms with Crippen LogP contribution in [0.2, 0.25) is 0 Å². The number of para-hydroxylation sites is 1. The van der Waals surface area contributed by atoms with E-state index in [1.165, 1.54) is 29.7 Å². The number of nitrogens with zero attached hydrogens (tertiary/aromatic N) is 4. The Bertz CT molecular complexity index is 2280. The summed E-state index contributed by atoms with van der Waals surface area (Å²) in [5, 5.41) is 14.2. The minimum atomic E-state index is -0.513. The Hall–Kier alpha value is -6.14. The maximum Gasteiger partial charge on any atom is 0.254 e. The lowest BCUT2D eigenvalue weighted by Crippen LogP contribution is -2.47. The summed E-state index contributed by atoms with van der Waals surface area (Å²) in [4.78, 5) is 41.7. The van der Waals surface area contributed by atoms with E-state index < -0.39 is 5.91 Å². The monoisotopic (exact) mass is 778 g/mol. The first-order valence-corrected chi connectivity index (χ1v) is 20.6. The van der Waals surface area contributed by atoms with Crippen LogP contribution in [0.3, 0.4) is 0 Å². The Kier molecular flexibility index (Phi) is 10.6. The summed E-state index contributed by atoms with van der Waals surface area (Å²) in [6.07, 6.45) is 6.26. The summed E-state index contributed by atoms with van der Waals surface area (Å²) in [6, 6.07) is 32.0. The first-order valence-electron chi connectivity index (χ1n) is 20.6. The molecule has 5 heterocycles. The lowest BCUT2D eigenvalue weighted by atomic mass is 9.87. The molecule has 298 valence electrons. The van der Waals surface area contributed by atoms with Crippen LogP contribution in [-0.4, -0.2) is 71.2 Å². The molecule has 4 aliphatic heterocycles. The van der Waals surface area contributed by atoms with Crippen molar-refractivity contribution >= 4 is 40.6 Å². The number of carbonyl (C=O) groups excluding carboxylic acids is 3. The van der Waals surface area contributed by atoms with Gasteiger partial charge in [0, 0.05) is 55.2 Å². The molecule has 58 heavy (non-hydrogen) atoms. The molecule has 3 fully saturated rings. The van der Waals surface area contributed by atoms with E-state index in [9.17, 15) is 14.4 Å². The quantitative estimate of drug-likeness (QED) is 0.110. The second-order valence-corrected chi connectivity index (χ2v) is 16.1. The molecule has 1 aromatic heterocycles. The molecule has 5 aromatic rings. The third kappa shape index (κ3) is 8.15. The lowest BCUT2D eigenvalue weighted by molar-refractivity contribution is -0.133. The third-order valence-electron chi connectivity index (χ3n) is 12.3. The van der Waals surface area contributed by atoms with Crippen LogP contribution in [0.5, 0.6) is 11.5 Å². The summed E-state index contributed by atoms with van der Waals surface area (Å²) >= 11 is 0. The van der Waals surface area contributed by atoms with Crippen molar-refractivity contribution in [1.29, 1.82) is 0 Å². The molecule has 4 aromatic carbocycles. The first kappa shape index (κ1) is 37.4. The average molecular weight is 779 g/mol. The molecule has 9 rings (SSSR count). The van der Waals surface area contributed by atoms with Crippen LogP contribution in [0.25, 0.3) is 11.3 Å². The fraction of sp³-hybridized carbons (Fsp3) is 0.348. The maximum atomic E-state index is 13.0. The first-order chi connectivity index (χ1) is 28.3. The van der Waals surface area contributed by atoms with Gasteiger partial charge >= 0.3 is 0 Å². The molecule has 1 unspecified atom stereocenters. The lowest BCUT2D eigenvalue weighted by Gasteiger charge is -2.38. The largest absolute Gasteiger partial charge is 0.457 e. The van der Waals surface area contributed by atoms with Gasteiger partial charge < -0.3 is 30.9 Å². The molecular weight excluding hydrogens is 729 g/mol. The highest BCUT2D eigenvalue weighted by Crippen LogP contribution is 2.38. The summed E-state index contributed by atoms with van der Waals surface area (Å²) in [6.45, 7) is 6.04. The number of hydrogen-bond donors (Lipinski definition) is 4. The summed E-state index contributed by atoms with van der Waals surface area (Å²) in [5.74, 6) is 2.30. The number of ether oxygens (including phenoxy) is 1. The highest BCUT2D eigenvalue weighted by molar-refractivity contribution is 6.04. The minimum Gasteiger partial charge on any atom is -0.457 e. The topological polar surface area (TPSA) is 147 Å². The van der Waals surface area contributed by atoms with Crippen LogP contribution in [0.4, 0.5) is 22.9 Å². The second kappa shape index (κ2) is 16.4. The van der Waals surface area contributed by atoms with Crippen LogP contribution in [0.15, 0.2) is 97.1 Å². The van der Waals surface area contributed by atoms with Gasteiger partial charge in [-0.15, -0.1) is 0 Å². The van der Waals surface area contributed by atoms with Crippen molar-refractivity contribution < 1.29 is 19.1 Å². The smallest absolute Gasteiger partial charge is 0.254 e. The second-order valence-electron chi connectivity index (χ2n) is 16.1. The predicted molar refractivity (Wildman–Crippen MR) is 226 cm³/mol. The fourth-order valence-electron chi connectivity index (χ4n) is 9.02. The number of nitrogens with one attached hydrogen (secondary N) is 3. The van der Waals surface area contributed by atoms with Crippen LogP contribution in [-0.2, 0) is 22.6 Å². The Balaban J connectivity index is 0.784. The Labute approximate surface area is 338 Å². The maximum absolute atomic E-state index is 13.0. The number of nitrogens with two attached hydrogens (primary N) is 1. The number of anilines is 4. The number of benzene rings is 4. The van der Waals surface area contributed by atoms with Gasteiger partial charge in [0.15, 0.2) is 0 Å². The van der Waals surface area contributed by atoms with E-state index in [1.807, 2.05) is 71.4 Å². The van der Waals surface area contributed by atoms with E-state index >= 15 is 0 Å². The molecule has 5 N–H and O–H groups in total. The fourth-order valence-corrected chi connectivity index (χ4v) is 9.02. The van der Waals surface area contributed by atoms with E-state index in [4.69, 9.17) is 15.6 Å². The van der Waals surface area contributed by atoms with E-state index in [0.717, 1.165) is 74.7 Å². The van der Waals surface area contributed by atoms with Gasteiger partial charge in [0.05, 0.1) is 0 Å². The van der Waals surface area contributed by atoms with E-state index in [1.54, 1.807) is 0 Å². The van der Waals surface area contributed by atoms with Gasteiger partial charge in [-0.25, -0.2) is 4.68 Å². The molecule has 0 radical (unpaired) electrons. The van der Waals surface area contributed by atoms with Crippen molar-refractivity contribution in [2.75, 3.05) is 48.3 Å². The molecule has 4 aliphatic rings. The van der Waals surface area contributed by atoms with Gasteiger partial charge in [-0.05, 0) is 141 Å². The zero-order valence-corrected chi connectivity index (χ0v) is 32.7. The average Bonchev–Trinajstić information content (AvgIpc) is 3.51. The van der Waals surface area contributed by atoms with Crippen molar-refractivity contribution in [2.45, 2.75) is 63.5 Å². The van der Waals surface area contributed by atoms with Gasteiger partial charge in [0.25, 0.3) is 5.91 Å². The summed E-state index contributed by atoms with van der Waals surface area (Å²) < 4.78 is 7.86. The van der Waals surface area contributed by atoms with Crippen molar-refractivity contribution in [1.82, 2.24) is 20.0 Å². The molecule has 3 amide bonds. The Morgan fingerprint density at radius 3 is 2.26 bits per heavy atom. The number of piperidine rings is 3. The molecule has 1 atom stereocenters. The van der Waals surface area contributed by atoms with Gasteiger partial charge in [-0.2, -0.15) is 5.10 Å². The molecule has 12 heteroatoms. The van der Waals surface area contributed by atoms with E-state index in [2.05, 4.69) is 56.1 Å². The van der Waals surface area contributed by atoms with Crippen LogP contribution < -0.4 is 31.3 Å². The third-order valence-corrected chi connectivity index (χ3v) is 12.3. The predicted octanol–water partition coefficient (Wildman–Crippen LogP) is 7.05. The number of aryl methyl sites for hydroxylation is 2. The number of amides is 3. The van der Waals surface area contributed by atoms with Crippen molar-refractivity contribution in [3.63, 3.8) is 0 Å². The van der Waals surface area contributed by atoms with Crippen molar-refractivity contribution in [3.05, 3.63) is 114 Å². The number of primary amides is 1. The van der Waals surface area contributed by atoms with Gasteiger partial charge in [0.1, 0.15) is 34.6 Å². The Morgan fingerprint density at radius 1 is 0.793 bits per heavy atom. The SMILES string of the molecule is NC(=O)c1c(-c2ccc(Oc3ccccc3)cc2)nn2c1Nc1cc(C3CCN(CC4CCN(c5ccc(NC6CCC(=O)NC6=O)cc5)CC4)CC3)ccc1CC2. The zero-order valence-electron chi connectivity index (χ0n) is 32.7. The van der Waals surface area contributed by atoms with Crippen LogP contribution in [0.1, 0.15) is 65.9 Å². The van der Waals surface area contributed by atoms with Crippen molar-refractivity contribution in [3.8, 4) is 22.8 Å². The minimum absolute atomic E-state index is 0.201. The number of aromatic nitrogens is 2. The van der Waals surface area contributed by atoms with Gasteiger partial charge in [-0.3, -0.25) is 19.7 Å². The van der Waals surface area contributed by atoms with E-state index in [0.29, 0.717) is 54.0 Å². The molecule has 0 bridgehead atoms. The summed E-state index contributed by atoms with van der Waals surface area (Å²) in [7, 11) is 0. The van der Waals surface area contributed by atoms with E-state index in [-0.39, 0.29) is 17.9 Å². The molecule has 3 saturated heterocycles. The number of rotatable bonds is 10. The number of imide groups is 1. The number of fused-ring (bicyclic) bond motifs is 2. The van der Waals surface area contributed by atoms with Crippen LogP contribution >= 0.6 is 0 Å². The number of likely N-dealkylation sites (tertiary alicyclic amines) is 1. The molecule has 0 aliphatic carbocycles. The molecular formula is C46H50N8O4.